The molecule has 2 aromatic carbocycles. The van der Waals surface area contributed by atoms with Crippen LogP contribution in [-0.2, 0) is 0 Å². The predicted molar refractivity (Wildman–Crippen MR) is 77.4 cm³/mol. The highest BCUT2D eigenvalue weighted by atomic mass is 16.4. The average Bonchev–Trinajstić information content (AvgIpc) is 2.38. The number of carboxylic acid groups (broad SMARTS) is 1. The van der Waals surface area contributed by atoms with E-state index in [4.69, 9.17) is 5.11 Å². The predicted octanol–water partition coefficient (Wildman–Crippen LogP) is 3.77. The number of aryl methyl sites for hydroxylation is 2. The minimum Gasteiger partial charge on any atom is -0.478 e. The highest BCUT2D eigenvalue weighted by molar-refractivity contribution is 5.88. The molecule has 0 bridgehead atoms. The summed E-state index contributed by atoms with van der Waals surface area (Å²) < 4.78 is 0. The molecule has 98 valence electrons. The third-order valence-electron chi connectivity index (χ3n) is 3.28. The molecule has 0 atom stereocenters. The Balaban J connectivity index is 2.39. The summed E-state index contributed by atoms with van der Waals surface area (Å²) in [7, 11) is 1.99. The van der Waals surface area contributed by atoms with Gasteiger partial charge in [0.1, 0.15) is 0 Å². The second-order valence-corrected chi connectivity index (χ2v) is 4.65. The highest BCUT2D eigenvalue weighted by Crippen LogP contribution is 2.29. The normalized spacial score (nSPS) is 10.3. The summed E-state index contributed by atoms with van der Waals surface area (Å²) in [4.78, 5) is 12.9. The number of hydrogen-bond acceptors (Lipinski definition) is 2. The van der Waals surface area contributed by atoms with E-state index in [1.165, 1.54) is 11.1 Å². The average molecular weight is 255 g/mol. The molecule has 0 aliphatic rings. The number of aromatic carboxylic acids is 1. The number of anilines is 2. The molecule has 3 nitrogen and oxygen atoms in total. The van der Waals surface area contributed by atoms with Gasteiger partial charge in [-0.05, 0) is 49.2 Å². The third kappa shape index (κ3) is 2.60. The number of carbonyl (C=O) groups is 1. The van der Waals surface area contributed by atoms with Crippen LogP contribution in [0.2, 0.25) is 0 Å². The Kier molecular flexibility index (Phi) is 3.56. The van der Waals surface area contributed by atoms with Gasteiger partial charge < -0.3 is 10.0 Å². The van der Waals surface area contributed by atoms with Crippen molar-refractivity contribution in [2.24, 2.45) is 0 Å². The quantitative estimate of drug-likeness (QED) is 0.907. The van der Waals surface area contributed by atoms with Crippen molar-refractivity contribution >= 4 is 17.3 Å². The number of benzene rings is 2. The molecule has 0 saturated carbocycles. The van der Waals surface area contributed by atoms with E-state index in [2.05, 4.69) is 30.9 Å². The number of carboxylic acids is 1. The van der Waals surface area contributed by atoms with Gasteiger partial charge in [-0.2, -0.15) is 0 Å². The minimum absolute atomic E-state index is 0.304. The van der Waals surface area contributed by atoms with Crippen LogP contribution in [0.3, 0.4) is 0 Å². The molecule has 0 aromatic heterocycles. The molecule has 3 heteroatoms. The maximum Gasteiger partial charge on any atom is 0.335 e. The third-order valence-corrected chi connectivity index (χ3v) is 3.28. The summed E-state index contributed by atoms with van der Waals surface area (Å²) in [5.41, 5.74) is 4.83. The fourth-order valence-corrected chi connectivity index (χ4v) is 2.29. The zero-order valence-electron chi connectivity index (χ0n) is 11.3. The van der Waals surface area contributed by atoms with Crippen molar-refractivity contribution < 1.29 is 9.90 Å². The molecule has 2 aromatic rings. The molecule has 2 rings (SSSR count). The van der Waals surface area contributed by atoms with Crippen LogP contribution in [0.5, 0.6) is 0 Å². The van der Waals surface area contributed by atoms with E-state index in [0.717, 1.165) is 11.4 Å². The van der Waals surface area contributed by atoms with Crippen LogP contribution in [0.4, 0.5) is 11.4 Å². The Morgan fingerprint density at radius 2 is 1.53 bits per heavy atom. The molecule has 0 amide bonds. The van der Waals surface area contributed by atoms with Crippen molar-refractivity contribution in [1.82, 2.24) is 0 Å². The fraction of sp³-hybridized carbons (Fsp3) is 0.188. The molecule has 0 aliphatic heterocycles. The Morgan fingerprint density at radius 3 is 2.00 bits per heavy atom. The second-order valence-electron chi connectivity index (χ2n) is 4.65. The van der Waals surface area contributed by atoms with Crippen LogP contribution < -0.4 is 4.90 Å². The standard InChI is InChI=1S/C16H17NO2/c1-11-5-4-6-12(2)15(11)17(3)14-9-7-13(8-10-14)16(18)19/h4-10H,1-3H3,(H,18,19). The van der Waals surface area contributed by atoms with E-state index < -0.39 is 5.97 Å². The molecule has 19 heavy (non-hydrogen) atoms. The number of nitrogens with zero attached hydrogens (tertiary/aromatic N) is 1. The van der Waals surface area contributed by atoms with Crippen molar-refractivity contribution in [2.45, 2.75) is 13.8 Å². The summed E-state index contributed by atoms with van der Waals surface area (Å²) in [6.07, 6.45) is 0. The van der Waals surface area contributed by atoms with E-state index in [-0.39, 0.29) is 0 Å². The lowest BCUT2D eigenvalue weighted by molar-refractivity contribution is 0.0697. The summed E-state index contributed by atoms with van der Waals surface area (Å²) in [5, 5.41) is 8.91. The van der Waals surface area contributed by atoms with Gasteiger partial charge in [0.2, 0.25) is 0 Å². The number of rotatable bonds is 3. The molecule has 0 unspecified atom stereocenters. The first-order valence-corrected chi connectivity index (χ1v) is 6.14. The van der Waals surface area contributed by atoms with Gasteiger partial charge in [0, 0.05) is 18.4 Å². The summed E-state index contributed by atoms with van der Waals surface area (Å²) >= 11 is 0. The van der Waals surface area contributed by atoms with Crippen LogP contribution in [0.15, 0.2) is 42.5 Å². The Bertz CT molecular complexity index is 582. The van der Waals surface area contributed by atoms with Crippen LogP contribution in [0.1, 0.15) is 21.5 Å². The van der Waals surface area contributed by atoms with Gasteiger partial charge in [-0.3, -0.25) is 0 Å². The van der Waals surface area contributed by atoms with E-state index in [0.29, 0.717) is 5.56 Å². The van der Waals surface area contributed by atoms with Gasteiger partial charge in [0.25, 0.3) is 0 Å². The molecule has 0 saturated heterocycles. The van der Waals surface area contributed by atoms with Gasteiger partial charge in [-0.25, -0.2) is 4.79 Å². The Hall–Kier alpha value is -2.29. The Morgan fingerprint density at radius 1 is 1.00 bits per heavy atom. The zero-order chi connectivity index (χ0) is 14.0. The second kappa shape index (κ2) is 5.14. The van der Waals surface area contributed by atoms with Gasteiger partial charge >= 0.3 is 5.97 Å². The summed E-state index contributed by atoms with van der Waals surface area (Å²) in [5.74, 6) is -0.902. The lowest BCUT2D eigenvalue weighted by Gasteiger charge is -2.23. The number of hydrogen-bond donors (Lipinski definition) is 1. The van der Waals surface area contributed by atoms with Crippen LogP contribution >= 0.6 is 0 Å². The van der Waals surface area contributed by atoms with Crippen molar-refractivity contribution in [3.05, 3.63) is 59.2 Å². The molecule has 1 N–H and O–H groups in total. The maximum atomic E-state index is 10.8. The van der Waals surface area contributed by atoms with Crippen molar-refractivity contribution in [1.29, 1.82) is 0 Å². The van der Waals surface area contributed by atoms with Crippen LogP contribution in [0, 0.1) is 13.8 Å². The first-order valence-electron chi connectivity index (χ1n) is 6.14. The lowest BCUT2D eigenvalue weighted by atomic mass is 10.1. The SMILES string of the molecule is Cc1cccc(C)c1N(C)c1ccc(C(=O)O)cc1. The van der Waals surface area contributed by atoms with Gasteiger partial charge in [0.15, 0.2) is 0 Å². The first-order chi connectivity index (χ1) is 9.00. The topological polar surface area (TPSA) is 40.5 Å². The van der Waals surface area contributed by atoms with Crippen molar-refractivity contribution in [3.8, 4) is 0 Å². The monoisotopic (exact) mass is 255 g/mol. The highest BCUT2D eigenvalue weighted by Gasteiger charge is 2.10. The van der Waals surface area contributed by atoms with E-state index in [1.807, 2.05) is 25.2 Å². The first kappa shape index (κ1) is 13.1. The summed E-state index contributed by atoms with van der Waals surface area (Å²) in [6, 6.07) is 13.1. The Labute approximate surface area is 113 Å². The van der Waals surface area contributed by atoms with Crippen molar-refractivity contribution in [2.75, 3.05) is 11.9 Å². The molecular formula is C16H17NO2. The lowest BCUT2D eigenvalue weighted by Crippen LogP contribution is -2.12. The molecule has 0 radical (unpaired) electrons. The molecule has 0 aliphatic carbocycles. The van der Waals surface area contributed by atoms with Crippen LogP contribution in [0.25, 0.3) is 0 Å². The molecule has 0 spiro atoms. The van der Waals surface area contributed by atoms with E-state index in [9.17, 15) is 4.79 Å². The van der Waals surface area contributed by atoms with Gasteiger partial charge in [0.05, 0.1) is 5.56 Å². The van der Waals surface area contributed by atoms with Gasteiger partial charge in [-0.15, -0.1) is 0 Å². The molecule has 0 heterocycles. The van der Waals surface area contributed by atoms with Crippen LogP contribution in [-0.4, -0.2) is 18.1 Å². The minimum atomic E-state index is -0.902. The summed E-state index contributed by atoms with van der Waals surface area (Å²) in [6.45, 7) is 4.15. The smallest absolute Gasteiger partial charge is 0.335 e. The van der Waals surface area contributed by atoms with Crippen molar-refractivity contribution in [3.63, 3.8) is 0 Å². The maximum absolute atomic E-state index is 10.8. The van der Waals surface area contributed by atoms with Gasteiger partial charge in [-0.1, -0.05) is 18.2 Å². The van der Waals surface area contributed by atoms with E-state index >= 15 is 0 Å². The largest absolute Gasteiger partial charge is 0.478 e. The zero-order valence-corrected chi connectivity index (χ0v) is 11.3. The number of para-hydroxylation sites is 1. The van der Waals surface area contributed by atoms with E-state index in [1.54, 1.807) is 12.1 Å². The molecule has 0 fully saturated rings. The fourth-order valence-electron chi connectivity index (χ4n) is 2.29. The molecular weight excluding hydrogens is 238 g/mol.